The lowest BCUT2D eigenvalue weighted by Crippen LogP contribution is -2.29. The SMILES string of the molecule is C[C@@H]1C[C@H](COP(=O)(O)O)C(O)C1O. The van der Waals surface area contributed by atoms with E-state index in [1.165, 1.54) is 0 Å². The first-order valence-electron chi connectivity index (χ1n) is 4.37. The molecule has 7 heteroatoms. The van der Waals surface area contributed by atoms with Crippen molar-refractivity contribution in [2.75, 3.05) is 6.61 Å². The second kappa shape index (κ2) is 4.26. The minimum absolute atomic E-state index is 0.0737. The van der Waals surface area contributed by atoms with Crippen molar-refractivity contribution in [2.45, 2.75) is 25.6 Å². The molecule has 1 saturated carbocycles. The molecule has 0 amide bonds. The minimum atomic E-state index is -4.48. The summed E-state index contributed by atoms with van der Waals surface area (Å²) in [6.07, 6.45) is -1.29. The van der Waals surface area contributed by atoms with Gasteiger partial charge in [0, 0.05) is 5.92 Å². The molecule has 0 bridgehead atoms. The molecule has 0 heterocycles. The van der Waals surface area contributed by atoms with E-state index in [4.69, 9.17) is 9.79 Å². The summed E-state index contributed by atoms with van der Waals surface area (Å²) >= 11 is 0. The molecule has 0 aromatic heterocycles. The summed E-state index contributed by atoms with van der Waals surface area (Å²) in [7, 11) is -4.48. The van der Waals surface area contributed by atoms with E-state index in [9.17, 15) is 14.8 Å². The Kier molecular flexibility index (Phi) is 3.69. The van der Waals surface area contributed by atoms with Crippen molar-refractivity contribution in [3.63, 3.8) is 0 Å². The fraction of sp³-hybridized carbons (Fsp3) is 1.00. The maximum atomic E-state index is 10.4. The van der Waals surface area contributed by atoms with Crippen LogP contribution in [-0.4, -0.2) is 38.8 Å². The summed E-state index contributed by atoms with van der Waals surface area (Å²) in [5, 5.41) is 18.8. The standard InChI is InChI=1S/C7H15O6P/c1-4-2-5(7(9)6(4)8)3-13-14(10,11)12/h4-9H,2-3H2,1H3,(H2,10,11,12)/t4-,5-,6?,7?/m1/s1. The number of aliphatic hydroxyl groups is 2. The third kappa shape index (κ3) is 3.02. The first-order valence-corrected chi connectivity index (χ1v) is 5.90. The molecule has 1 rings (SSSR count). The van der Waals surface area contributed by atoms with Gasteiger partial charge in [-0.2, -0.15) is 0 Å². The molecular weight excluding hydrogens is 211 g/mol. The summed E-state index contributed by atoms with van der Waals surface area (Å²) < 4.78 is 14.7. The molecule has 0 aromatic rings. The Morgan fingerprint density at radius 3 is 2.29 bits per heavy atom. The van der Waals surface area contributed by atoms with Crippen LogP contribution in [0.4, 0.5) is 0 Å². The van der Waals surface area contributed by atoms with E-state index in [-0.39, 0.29) is 12.5 Å². The van der Waals surface area contributed by atoms with E-state index < -0.39 is 25.9 Å². The fourth-order valence-electron chi connectivity index (χ4n) is 1.73. The van der Waals surface area contributed by atoms with Crippen LogP contribution in [0.5, 0.6) is 0 Å². The minimum Gasteiger partial charge on any atom is -0.390 e. The zero-order valence-corrected chi connectivity index (χ0v) is 8.67. The maximum absolute atomic E-state index is 10.4. The highest BCUT2D eigenvalue weighted by atomic mass is 31.2. The highest BCUT2D eigenvalue weighted by Crippen LogP contribution is 2.39. The number of phosphoric ester groups is 1. The Balaban J connectivity index is 2.44. The van der Waals surface area contributed by atoms with Gasteiger partial charge in [0.05, 0.1) is 18.8 Å². The van der Waals surface area contributed by atoms with Crippen LogP contribution >= 0.6 is 7.82 Å². The van der Waals surface area contributed by atoms with Gasteiger partial charge in [-0.1, -0.05) is 6.92 Å². The van der Waals surface area contributed by atoms with Crippen LogP contribution in [0.25, 0.3) is 0 Å². The Hall–Kier alpha value is 0.0300. The van der Waals surface area contributed by atoms with Crippen LogP contribution in [0, 0.1) is 11.8 Å². The number of hydrogen-bond acceptors (Lipinski definition) is 4. The van der Waals surface area contributed by atoms with E-state index in [1.807, 2.05) is 0 Å². The highest BCUT2D eigenvalue weighted by Gasteiger charge is 2.39. The molecule has 1 aliphatic carbocycles. The molecule has 0 spiro atoms. The predicted molar refractivity (Wildman–Crippen MR) is 47.3 cm³/mol. The number of aliphatic hydroxyl groups excluding tert-OH is 2. The van der Waals surface area contributed by atoms with Crippen LogP contribution in [-0.2, 0) is 9.09 Å². The molecule has 0 saturated heterocycles. The van der Waals surface area contributed by atoms with Crippen molar-refractivity contribution in [2.24, 2.45) is 11.8 Å². The quantitative estimate of drug-likeness (QED) is 0.482. The van der Waals surface area contributed by atoms with Gasteiger partial charge in [-0.05, 0) is 12.3 Å². The summed E-state index contributed by atoms with van der Waals surface area (Å²) in [5.74, 6) is -0.483. The normalized spacial score (nSPS) is 38.9. The first-order chi connectivity index (χ1) is 6.31. The Bertz CT molecular complexity index is 238. The zero-order chi connectivity index (χ0) is 10.9. The topological polar surface area (TPSA) is 107 Å². The van der Waals surface area contributed by atoms with Gasteiger partial charge in [0.15, 0.2) is 0 Å². The first kappa shape index (κ1) is 12.1. The summed E-state index contributed by atoms with van der Waals surface area (Å²) in [6, 6.07) is 0. The fourth-order valence-corrected chi connectivity index (χ4v) is 2.12. The van der Waals surface area contributed by atoms with Crippen molar-refractivity contribution in [3.05, 3.63) is 0 Å². The van der Waals surface area contributed by atoms with Crippen molar-refractivity contribution < 1.29 is 29.1 Å². The molecule has 4 atom stereocenters. The van der Waals surface area contributed by atoms with Gasteiger partial charge in [0.25, 0.3) is 0 Å². The van der Waals surface area contributed by atoms with Crippen molar-refractivity contribution in [1.82, 2.24) is 0 Å². The van der Waals surface area contributed by atoms with Crippen LogP contribution in [0.15, 0.2) is 0 Å². The molecule has 2 unspecified atom stereocenters. The molecule has 14 heavy (non-hydrogen) atoms. The number of hydrogen-bond donors (Lipinski definition) is 4. The molecule has 4 N–H and O–H groups in total. The smallest absolute Gasteiger partial charge is 0.390 e. The van der Waals surface area contributed by atoms with Crippen LogP contribution in [0.3, 0.4) is 0 Å². The summed E-state index contributed by atoms with van der Waals surface area (Å²) in [6.45, 7) is 1.54. The average Bonchev–Trinajstić information content (AvgIpc) is 2.28. The maximum Gasteiger partial charge on any atom is 0.469 e. The summed E-state index contributed by atoms with van der Waals surface area (Å²) in [5.41, 5.74) is 0. The van der Waals surface area contributed by atoms with Crippen LogP contribution < -0.4 is 0 Å². The molecule has 0 aliphatic heterocycles. The Morgan fingerprint density at radius 1 is 1.36 bits per heavy atom. The zero-order valence-electron chi connectivity index (χ0n) is 7.78. The Labute approximate surface area is 81.8 Å². The summed E-state index contributed by atoms with van der Waals surface area (Å²) in [4.78, 5) is 16.9. The van der Waals surface area contributed by atoms with Crippen molar-refractivity contribution >= 4 is 7.82 Å². The number of phosphoric acid groups is 1. The van der Waals surface area contributed by atoms with Gasteiger partial charge in [0.2, 0.25) is 0 Å². The van der Waals surface area contributed by atoms with E-state index in [0.29, 0.717) is 6.42 Å². The van der Waals surface area contributed by atoms with E-state index in [1.54, 1.807) is 6.92 Å². The average molecular weight is 226 g/mol. The van der Waals surface area contributed by atoms with Gasteiger partial charge in [-0.3, -0.25) is 4.52 Å². The van der Waals surface area contributed by atoms with E-state index in [2.05, 4.69) is 4.52 Å². The second-order valence-corrected chi connectivity index (χ2v) is 4.98. The lowest BCUT2D eigenvalue weighted by molar-refractivity contribution is -0.00370. The molecule has 1 fully saturated rings. The highest BCUT2D eigenvalue weighted by molar-refractivity contribution is 7.46. The molecule has 1 aliphatic rings. The largest absolute Gasteiger partial charge is 0.469 e. The molecule has 6 nitrogen and oxygen atoms in total. The van der Waals surface area contributed by atoms with Gasteiger partial charge >= 0.3 is 7.82 Å². The molecule has 84 valence electrons. The van der Waals surface area contributed by atoms with Gasteiger partial charge in [-0.15, -0.1) is 0 Å². The van der Waals surface area contributed by atoms with Crippen LogP contribution in [0.2, 0.25) is 0 Å². The monoisotopic (exact) mass is 226 g/mol. The van der Waals surface area contributed by atoms with E-state index >= 15 is 0 Å². The third-order valence-electron chi connectivity index (χ3n) is 2.55. The number of rotatable bonds is 3. The van der Waals surface area contributed by atoms with Gasteiger partial charge in [0.1, 0.15) is 0 Å². The lowest BCUT2D eigenvalue weighted by Gasteiger charge is -2.16. The van der Waals surface area contributed by atoms with Gasteiger partial charge in [-0.25, -0.2) is 4.57 Å². The van der Waals surface area contributed by atoms with Crippen molar-refractivity contribution in [1.29, 1.82) is 0 Å². The second-order valence-electron chi connectivity index (χ2n) is 3.74. The molecular formula is C7H15O6P. The predicted octanol–water partition coefficient (Wildman–Crippen LogP) is -0.527. The van der Waals surface area contributed by atoms with E-state index in [0.717, 1.165) is 0 Å². The molecule has 0 radical (unpaired) electrons. The van der Waals surface area contributed by atoms with Crippen molar-refractivity contribution in [3.8, 4) is 0 Å². The molecule has 0 aromatic carbocycles. The Morgan fingerprint density at radius 2 is 1.93 bits per heavy atom. The lowest BCUT2D eigenvalue weighted by atomic mass is 10.1. The van der Waals surface area contributed by atoms with Gasteiger partial charge < -0.3 is 20.0 Å². The van der Waals surface area contributed by atoms with Crippen LogP contribution in [0.1, 0.15) is 13.3 Å². The third-order valence-corrected chi connectivity index (χ3v) is 3.03.